The summed E-state index contributed by atoms with van der Waals surface area (Å²) in [4.78, 5) is 4.07. The monoisotopic (exact) mass is 372 g/mol. The van der Waals surface area contributed by atoms with Gasteiger partial charge in [0, 0.05) is 41.5 Å². The Morgan fingerprint density at radius 1 is 1.07 bits per heavy atom. The summed E-state index contributed by atoms with van der Waals surface area (Å²) in [7, 11) is 0. The van der Waals surface area contributed by atoms with Gasteiger partial charge in [0.15, 0.2) is 0 Å². The summed E-state index contributed by atoms with van der Waals surface area (Å²) in [5.41, 5.74) is 0.632. The number of aromatic nitrogens is 1. The normalized spacial score (nSPS) is 19.1. The molecule has 4 rings (SSSR count). The average molecular weight is 372 g/mol. The molecule has 1 aromatic heterocycles. The molecule has 140 valence electrons. The highest BCUT2D eigenvalue weighted by atomic mass is 19.1. The molecule has 1 fully saturated rings. The highest BCUT2D eigenvalue weighted by Gasteiger charge is 2.30. The van der Waals surface area contributed by atoms with Crippen molar-refractivity contribution in [2.45, 2.75) is 38.2 Å². The van der Waals surface area contributed by atoms with Crippen molar-refractivity contribution in [3.63, 3.8) is 0 Å². The van der Waals surface area contributed by atoms with Crippen LogP contribution in [-0.2, 0) is 13.2 Å². The first-order chi connectivity index (χ1) is 13.1. The molecule has 3 nitrogen and oxygen atoms in total. The minimum Gasteiger partial charge on any atom is -0.490 e. The SMILES string of the molecule is FCc1cc(OC2CC(NCc3c(F)ccc4cnccc34)C2)ccc1F. The second-order valence-corrected chi connectivity index (χ2v) is 6.80. The van der Waals surface area contributed by atoms with Gasteiger partial charge in [0.05, 0.1) is 0 Å². The van der Waals surface area contributed by atoms with E-state index in [0.717, 1.165) is 23.6 Å². The van der Waals surface area contributed by atoms with Gasteiger partial charge in [-0.3, -0.25) is 4.98 Å². The Morgan fingerprint density at radius 2 is 1.89 bits per heavy atom. The van der Waals surface area contributed by atoms with Crippen LogP contribution in [0.1, 0.15) is 24.0 Å². The highest BCUT2D eigenvalue weighted by molar-refractivity contribution is 5.84. The molecule has 0 spiro atoms. The molecule has 2 aromatic carbocycles. The van der Waals surface area contributed by atoms with Gasteiger partial charge >= 0.3 is 0 Å². The quantitative estimate of drug-likeness (QED) is 0.682. The number of hydrogen-bond acceptors (Lipinski definition) is 3. The number of pyridine rings is 1. The molecule has 1 heterocycles. The zero-order valence-corrected chi connectivity index (χ0v) is 14.6. The molecular formula is C21H19F3N2O. The third kappa shape index (κ3) is 3.76. The molecule has 1 aliphatic rings. The molecule has 0 unspecified atom stereocenters. The molecule has 1 aliphatic carbocycles. The summed E-state index contributed by atoms with van der Waals surface area (Å²) in [5.74, 6) is -0.330. The van der Waals surface area contributed by atoms with Crippen LogP contribution in [-0.4, -0.2) is 17.1 Å². The summed E-state index contributed by atoms with van der Waals surface area (Å²) < 4.78 is 46.0. The van der Waals surface area contributed by atoms with E-state index in [-0.39, 0.29) is 23.5 Å². The second-order valence-electron chi connectivity index (χ2n) is 6.80. The number of rotatable bonds is 6. The van der Waals surface area contributed by atoms with Gasteiger partial charge in [0.2, 0.25) is 0 Å². The first-order valence-electron chi connectivity index (χ1n) is 8.89. The van der Waals surface area contributed by atoms with E-state index >= 15 is 0 Å². The number of alkyl halides is 1. The maximum absolute atomic E-state index is 14.2. The van der Waals surface area contributed by atoms with E-state index < -0.39 is 12.5 Å². The summed E-state index contributed by atoms with van der Waals surface area (Å²) in [6, 6.07) is 9.35. The van der Waals surface area contributed by atoms with E-state index in [1.54, 1.807) is 18.5 Å². The van der Waals surface area contributed by atoms with Gasteiger partial charge in [-0.25, -0.2) is 13.2 Å². The predicted octanol–water partition coefficient (Wildman–Crippen LogP) is 4.68. The maximum Gasteiger partial charge on any atom is 0.129 e. The van der Waals surface area contributed by atoms with Crippen LogP contribution in [0.25, 0.3) is 10.8 Å². The zero-order valence-electron chi connectivity index (χ0n) is 14.6. The molecule has 0 atom stereocenters. The molecule has 0 aliphatic heterocycles. The van der Waals surface area contributed by atoms with E-state index in [4.69, 9.17) is 4.74 Å². The van der Waals surface area contributed by atoms with Crippen molar-refractivity contribution in [3.8, 4) is 5.75 Å². The first-order valence-corrected chi connectivity index (χ1v) is 8.89. The molecule has 0 amide bonds. The smallest absolute Gasteiger partial charge is 0.129 e. The molecule has 27 heavy (non-hydrogen) atoms. The summed E-state index contributed by atoms with van der Waals surface area (Å²) in [6.07, 6.45) is 4.89. The lowest BCUT2D eigenvalue weighted by molar-refractivity contribution is 0.0840. The molecule has 0 saturated heterocycles. The van der Waals surface area contributed by atoms with Crippen molar-refractivity contribution in [1.82, 2.24) is 10.3 Å². The number of benzene rings is 2. The lowest BCUT2D eigenvalue weighted by Crippen LogP contribution is -2.46. The van der Waals surface area contributed by atoms with Crippen LogP contribution in [0, 0.1) is 11.6 Å². The minimum atomic E-state index is -0.857. The topological polar surface area (TPSA) is 34.1 Å². The van der Waals surface area contributed by atoms with Crippen molar-refractivity contribution < 1.29 is 17.9 Å². The molecule has 1 N–H and O–H groups in total. The van der Waals surface area contributed by atoms with E-state index in [1.165, 1.54) is 24.3 Å². The van der Waals surface area contributed by atoms with Crippen molar-refractivity contribution in [2.75, 3.05) is 0 Å². The number of nitrogens with one attached hydrogen (secondary N) is 1. The van der Waals surface area contributed by atoms with Gasteiger partial charge in [-0.1, -0.05) is 0 Å². The Kier molecular flexibility index (Phi) is 4.99. The molecular weight excluding hydrogens is 353 g/mol. The van der Waals surface area contributed by atoms with Crippen molar-refractivity contribution >= 4 is 10.8 Å². The van der Waals surface area contributed by atoms with Crippen LogP contribution >= 0.6 is 0 Å². The fourth-order valence-electron chi connectivity index (χ4n) is 3.38. The van der Waals surface area contributed by atoms with Gasteiger partial charge in [0.25, 0.3) is 0 Å². The Morgan fingerprint density at radius 3 is 2.70 bits per heavy atom. The van der Waals surface area contributed by atoms with Crippen molar-refractivity contribution in [3.05, 3.63) is 71.6 Å². The fraction of sp³-hybridized carbons (Fsp3) is 0.286. The molecule has 6 heteroatoms. The second kappa shape index (κ2) is 7.56. The number of nitrogens with zero attached hydrogens (tertiary/aromatic N) is 1. The van der Waals surface area contributed by atoms with Crippen LogP contribution in [0.5, 0.6) is 5.75 Å². The van der Waals surface area contributed by atoms with Crippen LogP contribution in [0.15, 0.2) is 48.8 Å². The standard InChI is InChI=1S/C21H19F3N2O/c22-10-14-7-16(2-4-20(14)23)27-17-8-15(9-17)26-12-19-18-5-6-25-11-13(18)1-3-21(19)24/h1-7,11,15,17,26H,8-10,12H2. The molecule has 0 radical (unpaired) electrons. The summed E-state index contributed by atoms with van der Waals surface area (Å²) in [5, 5.41) is 5.12. The lowest BCUT2D eigenvalue weighted by Gasteiger charge is -2.36. The largest absolute Gasteiger partial charge is 0.490 e. The van der Waals surface area contributed by atoms with Gasteiger partial charge in [-0.05, 0) is 54.6 Å². The van der Waals surface area contributed by atoms with E-state index in [9.17, 15) is 13.2 Å². The minimum absolute atomic E-state index is 0.00224. The van der Waals surface area contributed by atoms with Crippen molar-refractivity contribution in [1.29, 1.82) is 0 Å². The van der Waals surface area contributed by atoms with Crippen LogP contribution in [0.3, 0.4) is 0 Å². The molecule has 1 saturated carbocycles. The van der Waals surface area contributed by atoms with E-state index in [0.29, 0.717) is 17.9 Å². The fourth-order valence-corrected chi connectivity index (χ4v) is 3.38. The Bertz CT molecular complexity index is 957. The number of halogens is 3. The first kappa shape index (κ1) is 17.8. The van der Waals surface area contributed by atoms with Gasteiger partial charge in [-0.2, -0.15) is 0 Å². The zero-order chi connectivity index (χ0) is 18.8. The van der Waals surface area contributed by atoms with Crippen LogP contribution in [0.4, 0.5) is 13.2 Å². The van der Waals surface area contributed by atoms with E-state index in [1.807, 2.05) is 6.07 Å². The lowest BCUT2D eigenvalue weighted by atomic mass is 9.89. The Balaban J connectivity index is 1.33. The highest BCUT2D eigenvalue weighted by Crippen LogP contribution is 2.28. The number of hydrogen-bond donors (Lipinski definition) is 1. The van der Waals surface area contributed by atoms with E-state index in [2.05, 4.69) is 10.3 Å². The Labute approximate surface area is 155 Å². The maximum atomic E-state index is 14.2. The summed E-state index contributed by atoms with van der Waals surface area (Å²) in [6.45, 7) is -0.433. The van der Waals surface area contributed by atoms with Gasteiger partial charge in [-0.15, -0.1) is 0 Å². The molecule has 3 aromatic rings. The average Bonchev–Trinajstić information content (AvgIpc) is 2.66. The van der Waals surface area contributed by atoms with Crippen LogP contribution in [0.2, 0.25) is 0 Å². The summed E-state index contributed by atoms with van der Waals surface area (Å²) >= 11 is 0. The predicted molar refractivity (Wildman–Crippen MR) is 97.2 cm³/mol. The van der Waals surface area contributed by atoms with Gasteiger partial charge < -0.3 is 10.1 Å². The van der Waals surface area contributed by atoms with Gasteiger partial charge in [0.1, 0.15) is 30.2 Å². The molecule has 0 bridgehead atoms. The van der Waals surface area contributed by atoms with Crippen molar-refractivity contribution in [2.24, 2.45) is 0 Å². The van der Waals surface area contributed by atoms with Crippen LogP contribution < -0.4 is 10.1 Å². The number of ether oxygens (including phenoxy) is 1. The number of fused-ring (bicyclic) bond motifs is 1. The third-order valence-corrected chi connectivity index (χ3v) is 5.00. The Hall–Kier alpha value is -2.60. The third-order valence-electron chi connectivity index (χ3n) is 5.00.